The monoisotopic (exact) mass is 250 g/mol. The fourth-order valence-electron chi connectivity index (χ4n) is 2.02. The van der Waals surface area contributed by atoms with Crippen molar-refractivity contribution in [3.8, 4) is 0 Å². The first kappa shape index (κ1) is 15.2. The van der Waals surface area contributed by atoms with Crippen LogP contribution in [0.25, 0.3) is 0 Å². The van der Waals surface area contributed by atoms with E-state index in [4.69, 9.17) is 10.5 Å². The predicted octanol–water partition coefficient (Wildman–Crippen LogP) is 2.13. The van der Waals surface area contributed by atoms with Crippen LogP contribution in [0.1, 0.15) is 31.7 Å². The summed E-state index contributed by atoms with van der Waals surface area (Å²) >= 11 is 0. The molecule has 1 aromatic rings. The summed E-state index contributed by atoms with van der Waals surface area (Å²) in [5, 5.41) is 3.47. The van der Waals surface area contributed by atoms with Crippen molar-refractivity contribution < 1.29 is 4.74 Å². The largest absolute Gasteiger partial charge is 0.380 e. The summed E-state index contributed by atoms with van der Waals surface area (Å²) in [6.07, 6.45) is 1.28. The van der Waals surface area contributed by atoms with E-state index in [0.29, 0.717) is 18.5 Å². The third kappa shape index (κ3) is 5.17. The zero-order chi connectivity index (χ0) is 13.4. The minimum atomic E-state index is 0.228. The Morgan fingerprint density at radius 2 is 1.89 bits per heavy atom. The molecule has 3 atom stereocenters. The Labute approximate surface area is 111 Å². The fraction of sp³-hybridized carbons (Fsp3) is 0.600. The molecule has 0 spiro atoms. The highest BCUT2D eigenvalue weighted by molar-refractivity contribution is 5.18. The number of ether oxygens (including phenoxy) is 1. The number of nitrogens with one attached hydrogen (secondary N) is 1. The summed E-state index contributed by atoms with van der Waals surface area (Å²) in [5.41, 5.74) is 7.20. The maximum absolute atomic E-state index is 5.82. The van der Waals surface area contributed by atoms with Crippen molar-refractivity contribution in [3.05, 3.63) is 35.9 Å². The highest BCUT2D eigenvalue weighted by atomic mass is 16.5. The van der Waals surface area contributed by atoms with E-state index in [-0.39, 0.29) is 6.10 Å². The summed E-state index contributed by atoms with van der Waals surface area (Å²) in [5.74, 6) is 0.519. The molecule has 0 saturated heterocycles. The van der Waals surface area contributed by atoms with Gasteiger partial charge in [0.2, 0.25) is 0 Å². The van der Waals surface area contributed by atoms with Crippen molar-refractivity contribution in [2.45, 2.75) is 38.3 Å². The molecular formula is C15H26N2O. The molecule has 3 nitrogen and oxygen atoms in total. The van der Waals surface area contributed by atoms with Crippen molar-refractivity contribution in [3.63, 3.8) is 0 Å². The first-order valence-electron chi connectivity index (χ1n) is 6.68. The van der Waals surface area contributed by atoms with Crippen LogP contribution in [0, 0.1) is 0 Å². The van der Waals surface area contributed by atoms with Crippen LogP contribution in [-0.4, -0.2) is 32.3 Å². The molecule has 1 aromatic carbocycles. The lowest BCUT2D eigenvalue weighted by Crippen LogP contribution is -2.40. The molecule has 0 bridgehead atoms. The molecule has 0 amide bonds. The molecule has 18 heavy (non-hydrogen) atoms. The van der Waals surface area contributed by atoms with Crippen LogP contribution < -0.4 is 11.1 Å². The Bertz CT molecular complexity index is 316. The van der Waals surface area contributed by atoms with Gasteiger partial charge >= 0.3 is 0 Å². The normalized spacial score (nSPS) is 16.2. The van der Waals surface area contributed by atoms with E-state index in [1.807, 2.05) is 0 Å². The van der Waals surface area contributed by atoms with Crippen LogP contribution in [0.5, 0.6) is 0 Å². The maximum atomic E-state index is 5.82. The minimum absolute atomic E-state index is 0.228. The Hall–Kier alpha value is -0.900. The van der Waals surface area contributed by atoms with Gasteiger partial charge in [0.25, 0.3) is 0 Å². The van der Waals surface area contributed by atoms with Gasteiger partial charge in [-0.25, -0.2) is 0 Å². The van der Waals surface area contributed by atoms with Gasteiger partial charge in [-0.2, -0.15) is 0 Å². The quantitative estimate of drug-likeness (QED) is 0.743. The molecule has 0 saturated carbocycles. The second-order valence-electron chi connectivity index (χ2n) is 4.93. The molecule has 0 fully saturated rings. The zero-order valence-corrected chi connectivity index (χ0v) is 11.7. The molecule has 3 unspecified atom stereocenters. The van der Waals surface area contributed by atoms with Crippen LogP contribution in [0.15, 0.2) is 30.3 Å². The molecule has 0 radical (unpaired) electrons. The summed E-state index contributed by atoms with van der Waals surface area (Å²) in [6, 6.07) is 10.9. The first-order valence-corrected chi connectivity index (χ1v) is 6.68. The Morgan fingerprint density at radius 1 is 1.22 bits per heavy atom. The van der Waals surface area contributed by atoms with Gasteiger partial charge in [-0.05, 0) is 24.8 Å². The number of nitrogens with two attached hydrogens (primary N) is 1. The summed E-state index contributed by atoms with van der Waals surface area (Å²) in [6.45, 7) is 5.81. The summed E-state index contributed by atoms with van der Waals surface area (Å²) in [4.78, 5) is 0. The van der Waals surface area contributed by atoms with Gasteiger partial charge in [-0.1, -0.05) is 37.3 Å². The smallest absolute Gasteiger partial charge is 0.0667 e. The third-order valence-corrected chi connectivity index (χ3v) is 3.39. The molecule has 102 valence electrons. The van der Waals surface area contributed by atoms with Crippen molar-refractivity contribution in [2.75, 3.05) is 20.2 Å². The standard InChI is InChI=1S/C15H26N2O/c1-12(14-7-5-4-6-8-14)9-15(10-16)17-11-13(2)18-3/h4-8,12-13,15,17H,9-11,16H2,1-3H3. The van der Waals surface area contributed by atoms with E-state index in [1.54, 1.807) is 7.11 Å². The lowest BCUT2D eigenvalue weighted by Gasteiger charge is -2.22. The van der Waals surface area contributed by atoms with E-state index in [0.717, 1.165) is 13.0 Å². The SMILES string of the molecule is COC(C)CNC(CN)CC(C)c1ccccc1. The van der Waals surface area contributed by atoms with E-state index < -0.39 is 0 Å². The number of methoxy groups -OCH3 is 1. The molecule has 1 rings (SSSR count). The number of rotatable bonds is 8. The predicted molar refractivity (Wildman–Crippen MR) is 76.8 cm³/mol. The maximum Gasteiger partial charge on any atom is 0.0667 e. The van der Waals surface area contributed by atoms with Gasteiger partial charge in [-0.15, -0.1) is 0 Å². The molecule has 3 heteroatoms. The zero-order valence-electron chi connectivity index (χ0n) is 11.7. The van der Waals surface area contributed by atoms with Crippen LogP contribution in [0.4, 0.5) is 0 Å². The van der Waals surface area contributed by atoms with Crippen LogP contribution in [0.2, 0.25) is 0 Å². The molecule has 0 aromatic heterocycles. The average Bonchev–Trinajstić information content (AvgIpc) is 2.43. The lowest BCUT2D eigenvalue weighted by molar-refractivity contribution is 0.114. The van der Waals surface area contributed by atoms with Crippen LogP contribution in [-0.2, 0) is 4.74 Å². The van der Waals surface area contributed by atoms with Crippen molar-refractivity contribution in [2.24, 2.45) is 5.73 Å². The highest BCUT2D eigenvalue weighted by Gasteiger charge is 2.13. The molecular weight excluding hydrogens is 224 g/mol. The van der Waals surface area contributed by atoms with Gasteiger partial charge in [-0.3, -0.25) is 0 Å². The van der Waals surface area contributed by atoms with Crippen molar-refractivity contribution in [1.29, 1.82) is 0 Å². The highest BCUT2D eigenvalue weighted by Crippen LogP contribution is 2.19. The topological polar surface area (TPSA) is 47.3 Å². The number of benzene rings is 1. The number of hydrogen-bond acceptors (Lipinski definition) is 3. The molecule has 0 heterocycles. The minimum Gasteiger partial charge on any atom is -0.380 e. The molecule has 0 aliphatic carbocycles. The summed E-state index contributed by atoms with van der Waals surface area (Å²) in [7, 11) is 1.73. The fourth-order valence-corrected chi connectivity index (χ4v) is 2.02. The van der Waals surface area contributed by atoms with Gasteiger partial charge in [0.15, 0.2) is 0 Å². The van der Waals surface area contributed by atoms with Crippen LogP contribution in [0.3, 0.4) is 0 Å². The Balaban J connectivity index is 2.43. The number of hydrogen-bond donors (Lipinski definition) is 2. The van der Waals surface area contributed by atoms with E-state index in [1.165, 1.54) is 5.56 Å². The lowest BCUT2D eigenvalue weighted by atomic mass is 9.94. The van der Waals surface area contributed by atoms with Gasteiger partial charge in [0.05, 0.1) is 6.10 Å². The van der Waals surface area contributed by atoms with Crippen LogP contribution >= 0.6 is 0 Å². The first-order chi connectivity index (χ1) is 8.67. The second kappa shape index (κ2) is 8.25. The van der Waals surface area contributed by atoms with E-state index in [2.05, 4.69) is 49.5 Å². The van der Waals surface area contributed by atoms with Gasteiger partial charge in [0.1, 0.15) is 0 Å². The molecule has 3 N–H and O–H groups in total. The average molecular weight is 250 g/mol. The van der Waals surface area contributed by atoms with Crippen molar-refractivity contribution >= 4 is 0 Å². The van der Waals surface area contributed by atoms with Crippen molar-refractivity contribution in [1.82, 2.24) is 5.32 Å². The van der Waals surface area contributed by atoms with E-state index in [9.17, 15) is 0 Å². The Morgan fingerprint density at radius 3 is 2.44 bits per heavy atom. The van der Waals surface area contributed by atoms with Gasteiger partial charge in [0, 0.05) is 26.2 Å². The summed E-state index contributed by atoms with van der Waals surface area (Å²) < 4.78 is 5.23. The third-order valence-electron chi connectivity index (χ3n) is 3.39. The second-order valence-corrected chi connectivity index (χ2v) is 4.93. The van der Waals surface area contributed by atoms with E-state index >= 15 is 0 Å². The molecule has 0 aliphatic heterocycles. The van der Waals surface area contributed by atoms with Gasteiger partial charge < -0.3 is 15.8 Å². The molecule has 0 aliphatic rings. The Kier molecular flexibility index (Phi) is 6.94.